The van der Waals surface area contributed by atoms with E-state index in [9.17, 15) is 4.79 Å². The van der Waals surface area contributed by atoms with Crippen LogP contribution in [0.4, 0.5) is 0 Å². The summed E-state index contributed by atoms with van der Waals surface area (Å²) < 4.78 is 15.6. The predicted molar refractivity (Wildman–Crippen MR) is 88.6 cm³/mol. The molecular weight excluding hydrogens is 324 g/mol. The van der Waals surface area contributed by atoms with E-state index in [4.69, 9.17) is 14.0 Å². The van der Waals surface area contributed by atoms with Crippen molar-refractivity contribution in [3.05, 3.63) is 29.4 Å². The third-order valence-corrected chi connectivity index (χ3v) is 4.38. The van der Waals surface area contributed by atoms with Gasteiger partial charge in [0, 0.05) is 19.0 Å². The van der Waals surface area contributed by atoms with E-state index >= 15 is 0 Å². The van der Waals surface area contributed by atoms with Crippen LogP contribution in [0.3, 0.4) is 0 Å². The van der Waals surface area contributed by atoms with E-state index in [1.165, 1.54) is 32.0 Å². The Labute approximate surface area is 146 Å². The van der Waals surface area contributed by atoms with Crippen LogP contribution in [0.1, 0.15) is 53.7 Å². The zero-order chi connectivity index (χ0) is 17.8. The van der Waals surface area contributed by atoms with Crippen LogP contribution in [0.5, 0.6) is 11.8 Å². The molecule has 0 bridgehead atoms. The predicted octanol–water partition coefficient (Wildman–Crippen LogP) is 2.41. The summed E-state index contributed by atoms with van der Waals surface area (Å²) in [6.07, 6.45) is 4.58. The average molecular weight is 346 g/mol. The summed E-state index contributed by atoms with van der Waals surface area (Å²) in [7, 11) is 4.65. The molecule has 0 unspecified atom stereocenters. The molecule has 3 rings (SSSR count). The van der Waals surface area contributed by atoms with Gasteiger partial charge in [-0.05, 0) is 18.9 Å². The van der Waals surface area contributed by atoms with Crippen molar-refractivity contribution < 1.29 is 18.8 Å². The number of amides is 1. The Kier molecular flexibility index (Phi) is 5.16. The lowest BCUT2D eigenvalue weighted by Crippen LogP contribution is -2.27. The van der Waals surface area contributed by atoms with Crippen LogP contribution >= 0.6 is 0 Å². The second-order valence-corrected chi connectivity index (χ2v) is 6.10. The van der Waals surface area contributed by atoms with Crippen molar-refractivity contribution in [2.45, 2.75) is 38.1 Å². The van der Waals surface area contributed by atoms with Gasteiger partial charge in [0.25, 0.3) is 5.91 Å². The maximum Gasteiger partial charge on any atom is 0.259 e. The number of methoxy groups -OCH3 is 2. The summed E-state index contributed by atoms with van der Waals surface area (Å²) in [6, 6.07) is 3.25. The molecule has 0 aromatic carbocycles. The van der Waals surface area contributed by atoms with E-state index in [1.807, 2.05) is 0 Å². The van der Waals surface area contributed by atoms with Crippen molar-refractivity contribution in [3.63, 3.8) is 0 Å². The first kappa shape index (κ1) is 17.2. The smallest absolute Gasteiger partial charge is 0.259 e. The third kappa shape index (κ3) is 3.72. The minimum Gasteiger partial charge on any atom is -0.481 e. The highest BCUT2D eigenvalue weighted by atomic mass is 16.5. The summed E-state index contributed by atoms with van der Waals surface area (Å²) in [4.78, 5) is 22.8. The largest absolute Gasteiger partial charge is 0.481 e. The van der Waals surface area contributed by atoms with Crippen LogP contribution in [0.2, 0.25) is 0 Å². The Morgan fingerprint density at radius 3 is 2.68 bits per heavy atom. The Balaban J connectivity index is 1.70. The fraction of sp³-hybridized carbons (Fsp3) is 0.529. The summed E-state index contributed by atoms with van der Waals surface area (Å²) in [5, 5.41) is 4.00. The number of hydrogen-bond donors (Lipinski definition) is 0. The molecule has 0 atom stereocenters. The molecule has 25 heavy (non-hydrogen) atoms. The van der Waals surface area contributed by atoms with Gasteiger partial charge in [0.15, 0.2) is 5.82 Å². The molecule has 134 valence electrons. The number of ether oxygens (including phenoxy) is 2. The standard InChI is InChI=1S/C17H22N4O4/c1-21(10-13-18-15(25-20-13)11-6-4-5-7-11)17(22)12-8-9-14(23-2)19-16(12)24-3/h8-9,11H,4-7,10H2,1-3H3. The topological polar surface area (TPSA) is 90.6 Å². The van der Waals surface area contributed by atoms with Crippen LogP contribution in [0.15, 0.2) is 16.7 Å². The molecule has 2 heterocycles. The highest BCUT2D eigenvalue weighted by molar-refractivity contribution is 5.96. The van der Waals surface area contributed by atoms with Gasteiger partial charge in [0.05, 0.1) is 20.8 Å². The van der Waals surface area contributed by atoms with Crippen molar-refractivity contribution >= 4 is 5.91 Å². The van der Waals surface area contributed by atoms with Gasteiger partial charge < -0.3 is 18.9 Å². The molecule has 0 spiro atoms. The molecule has 2 aromatic heterocycles. The highest BCUT2D eigenvalue weighted by Gasteiger charge is 2.24. The van der Waals surface area contributed by atoms with Gasteiger partial charge in [-0.15, -0.1) is 0 Å². The van der Waals surface area contributed by atoms with Crippen molar-refractivity contribution in [2.75, 3.05) is 21.3 Å². The molecule has 0 N–H and O–H groups in total. The van der Waals surface area contributed by atoms with Crippen LogP contribution in [-0.2, 0) is 6.54 Å². The molecule has 1 amide bonds. The monoisotopic (exact) mass is 346 g/mol. The van der Waals surface area contributed by atoms with Gasteiger partial charge in [0.1, 0.15) is 5.56 Å². The zero-order valence-corrected chi connectivity index (χ0v) is 14.7. The van der Waals surface area contributed by atoms with Crippen molar-refractivity contribution in [2.24, 2.45) is 0 Å². The molecule has 1 fully saturated rings. The first-order valence-corrected chi connectivity index (χ1v) is 8.29. The zero-order valence-electron chi connectivity index (χ0n) is 14.7. The molecule has 1 aliphatic rings. The van der Waals surface area contributed by atoms with Gasteiger partial charge >= 0.3 is 0 Å². The number of aromatic nitrogens is 3. The molecule has 1 aliphatic carbocycles. The first-order chi connectivity index (χ1) is 12.1. The van der Waals surface area contributed by atoms with E-state index in [0.29, 0.717) is 29.1 Å². The average Bonchev–Trinajstić information content (AvgIpc) is 3.31. The van der Waals surface area contributed by atoms with Crippen LogP contribution < -0.4 is 9.47 Å². The summed E-state index contributed by atoms with van der Waals surface area (Å²) in [6.45, 7) is 0.254. The fourth-order valence-corrected chi connectivity index (χ4v) is 3.02. The molecular formula is C17H22N4O4. The molecule has 0 radical (unpaired) electrons. The maximum atomic E-state index is 12.7. The van der Waals surface area contributed by atoms with Crippen molar-refractivity contribution in [1.82, 2.24) is 20.0 Å². The van der Waals surface area contributed by atoms with Gasteiger partial charge in [-0.3, -0.25) is 4.79 Å². The molecule has 0 aliphatic heterocycles. The Morgan fingerprint density at radius 2 is 2.00 bits per heavy atom. The summed E-state index contributed by atoms with van der Waals surface area (Å²) >= 11 is 0. The number of carbonyl (C=O) groups is 1. The van der Waals surface area contributed by atoms with Gasteiger partial charge in [-0.25, -0.2) is 0 Å². The normalized spacial score (nSPS) is 14.5. The van der Waals surface area contributed by atoms with E-state index in [0.717, 1.165) is 12.8 Å². The fourth-order valence-electron chi connectivity index (χ4n) is 3.02. The molecule has 1 saturated carbocycles. The highest BCUT2D eigenvalue weighted by Crippen LogP contribution is 2.33. The second-order valence-electron chi connectivity index (χ2n) is 6.10. The Hall–Kier alpha value is -2.64. The number of rotatable bonds is 6. The lowest BCUT2D eigenvalue weighted by molar-refractivity contribution is 0.0776. The maximum absolute atomic E-state index is 12.7. The summed E-state index contributed by atoms with van der Waals surface area (Å²) in [5.41, 5.74) is 0.352. The SMILES string of the molecule is COc1ccc(C(=O)N(C)Cc2noc(C3CCCC3)n2)c(OC)n1. The van der Waals surface area contributed by atoms with E-state index < -0.39 is 0 Å². The van der Waals surface area contributed by atoms with Gasteiger partial charge in [-0.1, -0.05) is 18.0 Å². The molecule has 8 nitrogen and oxygen atoms in total. The van der Waals surface area contributed by atoms with Crippen molar-refractivity contribution in [1.29, 1.82) is 0 Å². The van der Waals surface area contributed by atoms with Crippen molar-refractivity contribution in [3.8, 4) is 11.8 Å². The number of pyridine rings is 1. The molecule has 8 heteroatoms. The number of nitrogens with zero attached hydrogens (tertiary/aromatic N) is 4. The van der Waals surface area contributed by atoms with E-state index in [1.54, 1.807) is 19.2 Å². The van der Waals surface area contributed by atoms with Gasteiger partial charge in [-0.2, -0.15) is 9.97 Å². The number of carbonyl (C=O) groups excluding carboxylic acids is 1. The van der Waals surface area contributed by atoms with Gasteiger partial charge in [0.2, 0.25) is 17.7 Å². The minimum atomic E-state index is -0.237. The Bertz CT molecular complexity index is 740. The van der Waals surface area contributed by atoms with E-state index in [-0.39, 0.29) is 18.3 Å². The third-order valence-electron chi connectivity index (χ3n) is 4.38. The minimum absolute atomic E-state index is 0.218. The number of hydrogen-bond acceptors (Lipinski definition) is 7. The first-order valence-electron chi connectivity index (χ1n) is 8.29. The quantitative estimate of drug-likeness (QED) is 0.793. The van der Waals surface area contributed by atoms with E-state index in [2.05, 4.69) is 15.1 Å². The van der Waals surface area contributed by atoms with Crippen LogP contribution in [0, 0.1) is 0 Å². The van der Waals surface area contributed by atoms with Crippen LogP contribution in [-0.4, -0.2) is 47.2 Å². The van der Waals surface area contributed by atoms with Crippen LogP contribution in [0.25, 0.3) is 0 Å². The lowest BCUT2D eigenvalue weighted by Gasteiger charge is -2.16. The second kappa shape index (κ2) is 7.50. The summed E-state index contributed by atoms with van der Waals surface area (Å²) in [5.74, 6) is 1.90. The molecule has 2 aromatic rings. The Morgan fingerprint density at radius 1 is 1.24 bits per heavy atom. The molecule has 0 saturated heterocycles. The lowest BCUT2D eigenvalue weighted by atomic mass is 10.1.